The van der Waals surface area contributed by atoms with E-state index >= 15 is 0 Å². The molecule has 1 aromatic carbocycles. The van der Waals surface area contributed by atoms with Gasteiger partial charge in [-0.25, -0.2) is 0 Å². The van der Waals surface area contributed by atoms with Crippen molar-refractivity contribution < 1.29 is 9.59 Å². The Morgan fingerprint density at radius 2 is 1.38 bits per heavy atom. The molecule has 1 atom stereocenters. The third-order valence-electron chi connectivity index (χ3n) is 5.10. The normalized spacial score (nSPS) is 20.9. The maximum atomic E-state index is 12.1. The number of rotatable bonds is 1. The molecule has 0 radical (unpaired) electrons. The van der Waals surface area contributed by atoms with Gasteiger partial charge in [-0.15, -0.1) is 0 Å². The molecule has 1 aromatic rings. The topological polar surface area (TPSA) is 37.4 Å². The Bertz CT molecular complexity index is 726. The summed E-state index contributed by atoms with van der Waals surface area (Å²) in [5, 5.41) is 0. The fourth-order valence-corrected chi connectivity index (χ4v) is 3.86. The summed E-state index contributed by atoms with van der Waals surface area (Å²) in [5.74, 6) is -0.370. The summed E-state index contributed by atoms with van der Waals surface area (Å²) in [7, 11) is 0. The molecule has 1 heterocycles. The van der Waals surface area contributed by atoms with Crippen molar-refractivity contribution in [2.75, 3.05) is 0 Å². The monoisotopic (exact) mass is 325 g/mol. The first kappa shape index (κ1) is 16.9. The second-order valence-electron chi connectivity index (χ2n) is 9.03. The van der Waals surface area contributed by atoms with Crippen molar-refractivity contribution in [1.29, 1.82) is 0 Å². The number of aryl methyl sites for hydroxylation is 1. The summed E-state index contributed by atoms with van der Waals surface area (Å²) in [5.41, 5.74) is 5.20. The molecule has 3 heteroatoms. The Balaban J connectivity index is 2.13. The lowest BCUT2D eigenvalue weighted by molar-refractivity contribution is -0.139. The van der Waals surface area contributed by atoms with Gasteiger partial charge >= 0.3 is 0 Å². The van der Waals surface area contributed by atoms with E-state index < -0.39 is 0 Å². The summed E-state index contributed by atoms with van der Waals surface area (Å²) in [6.45, 7) is 13.4. The van der Waals surface area contributed by atoms with Crippen LogP contribution in [0.15, 0.2) is 24.3 Å². The van der Waals surface area contributed by atoms with E-state index in [2.05, 4.69) is 53.7 Å². The number of hydrogen-bond acceptors (Lipinski definition) is 2. The minimum atomic E-state index is -0.185. The predicted molar refractivity (Wildman–Crippen MR) is 95.9 cm³/mol. The quantitative estimate of drug-likeness (QED) is 0.726. The predicted octanol–water partition coefficient (Wildman–Crippen LogP) is 4.19. The molecule has 0 saturated heterocycles. The van der Waals surface area contributed by atoms with Crippen LogP contribution in [-0.2, 0) is 26.8 Å². The Labute approximate surface area is 144 Å². The lowest BCUT2D eigenvalue weighted by Crippen LogP contribution is -2.33. The van der Waals surface area contributed by atoms with Gasteiger partial charge in [0.15, 0.2) is 0 Å². The molecule has 0 spiro atoms. The van der Waals surface area contributed by atoms with Gasteiger partial charge in [-0.3, -0.25) is 14.5 Å². The van der Waals surface area contributed by atoms with Crippen LogP contribution in [0.5, 0.6) is 0 Å². The molecular formula is C21H27NO2. The maximum Gasteiger partial charge on any atom is 0.254 e. The van der Waals surface area contributed by atoms with Crippen LogP contribution in [-0.4, -0.2) is 16.7 Å². The van der Waals surface area contributed by atoms with Gasteiger partial charge in [0.05, 0.1) is 6.04 Å². The van der Waals surface area contributed by atoms with Gasteiger partial charge in [0, 0.05) is 12.2 Å². The van der Waals surface area contributed by atoms with Crippen LogP contribution < -0.4 is 0 Å². The second kappa shape index (κ2) is 5.30. The Kier molecular flexibility index (Phi) is 3.74. The highest BCUT2D eigenvalue weighted by Gasteiger charge is 2.38. The molecule has 2 amide bonds. The maximum absolute atomic E-state index is 12.1. The van der Waals surface area contributed by atoms with E-state index in [1.807, 2.05) is 0 Å². The minimum Gasteiger partial charge on any atom is -0.269 e. The summed E-state index contributed by atoms with van der Waals surface area (Å²) in [6, 6.07) is 4.45. The fraction of sp³-hybridized carbons (Fsp3) is 0.524. The third-order valence-corrected chi connectivity index (χ3v) is 5.10. The first-order valence-electron chi connectivity index (χ1n) is 8.73. The number of imide groups is 1. The molecule has 3 nitrogen and oxygen atoms in total. The standard InChI is InChI=1S/C21H27NO2/c1-20(2,3)15-11-13-7-8-17(22-18(23)9-10-19(22)24)14(13)12-16(15)21(4,5)6/h9-12,17H,7-8H2,1-6H3/t17-/m0/s1. The van der Waals surface area contributed by atoms with Gasteiger partial charge in [0.1, 0.15) is 0 Å². The summed E-state index contributed by atoms with van der Waals surface area (Å²) in [6.07, 6.45) is 4.51. The molecule has 0 N–H and O–H groups in total. The van der Waals surface area contributed by atoms with Crippen LogP contribution in [0, 0.1) is 0 Å². The van der Waals surface area contributed by atoms with Crippen molar-refractivity contribution in [2.24, 2.45) is 0 Å². The Morgan fingerprint density at radius 1 is 0.875 bits per heavy atom. The van der Waals surface area contributed by atoms with Crippen LogP contribution in [0.4, 0.5) is 0 Å². The zero-order valence-corrected chi connectivity index (χ0v) is 15.6. The largest absolute Gasteiger partial charge is 0.269 e. The average Bonchev–Trinajstić information content (AvgIpc) is 2.99. The van der Waals surface area contributed by atoms with Crippen molar-refractivity contribution in [1.82, 2.24) is 4.90 Å². The van der Waals surface area contributed by atoms with Crippen molar-refractivity contribution >= 4 is 11.8 Å². The van der Waals surface area contributed by atoms with Crippen molar-refractivity contribution in [2.45, 2.75) is 71.3 Å². The number of nitrogens with zero attached hydrogens (tertiary/aromatic N) is 1. The lowest BCUT2D eigenvalue weighted by atomic mass is 9.74. The molecule has 1 aliphatic carbocycles. The van der Waals surface area contributed by atoms with E-state index in [9.17, 15) is 9.59 Å². The zero-order chi connectivity index (χ0) is 17.9. The molecule has 3 rings (SSSR count). The van der Waals surface area contributed by atoms with Gasteiger partial charge < -0.3 is 0 Å². The molecule has 0 bridgehead atoms. The molecule has 1 aliphatic heterocycles. The molecule has 24 heavy (non-hydrogen) atoms. The number of carbonyl (C=O) groups excluding carboxylic acids is 2. The van der Waals surface area contributed by atoms with E-state index in [4.69, 9.17) is 0 Å². The molecule has 0 unspecified atom stereocenters. The fourth-order valence-electron chi connectivity index (χ4n) is 3.86. The summed E-state index contributed by atoms with van der Waals surface area (Å²) >= 11 is 0. The molecule has 128 valence electrons. The molecule has 2 aliphatic rings. The number of fused-ring (bicyclic) bond motifs is 1. The van der Waals surface area contributed by atoms with Crippen LogP contribution in [0.25, 0.3) is 0 Å². The smallest absolute Gasteiger partial charge is 0.254 e. The molecule has 0 fully saturated rings. The third kappa shape index (κ3) is 2.70. The first-order chi connectivity index (χ1) is 11.0. The van der Waals surface area contributed by atoms with Crippen LogP contribution in [0.3, 0.4) is 0 Å². The minimum absolute atomic E-state index is 0.0159. The molecular weight excluding hydrogens is 298 g/mol. The highest BCUT2D eigenvalue weighted by molar-refractivity contribution is 6.13. The van der Waals surface area contributed by atoms with E-state index in [0.29, 0.717) is 0 Å². The van der Waals surface area contributed by atoms with Crippen molar-refractivity contribution in [3.8, 4) is 0 Å². The molecule has 0 saturated carbocycles. The Morgan fingerprint density at radius 3 is 1.88 bits per heavy atom. The van der Waals surface area contributed by atoms with Gasteiger partial charge in [0.25, 0.3) is 11.8 Å². The highest BCUT2D eigenvalue weighted by atomic mass is 16.2. The summed E-state index contributed by atoms with van der Waals surface area (Å²) < 4.78 is 0. The van der Waals surface area contributed by atoms with E-state index in [0.717, 1.165) is 18.4 Å². The highest BCUT2D eigenvalue weighted by Crippen LogP contribution is 2.43. The number of carbonyl (C=O) groups is 2. The van der Waals surface area contributed by atoms with Crippen LogP contribution in [0.1, 0.15) is 76.3 Å². The van der Waals surface area contributed by atoms with Crippen molar-refractivity contribution in [3.63, 3.8) is 0 Å². The van der Waals surface area contributed by atoms with Gasteiger partial charge in [-0.1, -0.05) is 53.7 Å². The average molecular weight is 325 g/mol. The van der Waals surface area contributed by atoms with Gasteiger partial charge in [0.2, 0.25) is 0 Å². The van der Waals surface area contributed by atoms with Gasteiger partial charge in [-0.05, 0) is 45.9 Å². The SMILES string of the molecule is CC(C)(C)c1cc2c(cc1C(C)(C)C)[C@@H](N1C(=O)C=CC1=O)CC2. The Hall–Kier alpha value is -1.90. The molecule has 0 aromatic heterocycles. The first-order valence-corrected chi connectivity index (χ1v) is 8.73. The summed E-state index contributed by atoms with van der Waals surface area (Å²) in [4.78, 5) is 25.6. The van der Waals surface area contributed by atoms with Crippen LogP contribution >= 0.6 is 0 Å². The van der Waals surface area contributed by atoms with E-state index in [1.165, 1.54) is 33.7 Å². The number of hydrogen-bond donors (Lipinski definition) is 0. The van der Waals surface area contributed by atoms with Gasteiger partial charge in [-0.2, -0.15) is 0 Å². The van der Waals surface area contributed by atoms with Crippen molar-refractivity contribution in [3.05, 3.63) is 46.5 Å². The lowest BCUT2D eigenvalue weighted by Gasteiger charge is -2.32. The van der Waals surface area contributed by atoms with E-state index in [1.54, 1.807) is 0 Å². The number of amides is 2. The van der Waals surface area contributed by atoms with E-state index in [-0.39, 0.29) is 28.7 Å². The second-order valence-corrected chi connectivity index (χ2v) is 9.03. The number of benzene rings is 1. The van der Waals surface area contributed by atoms with Crippen LogP contribution in [0.2, 0.25) is 0 Å². The zero-order valence-electron chi connectivity index (χ0n) is 15.6.